The molecule has 1 N–H and O–H groups in total. The molecular weight excluding hydrogens is 441 g/mol. The number of benzene rings is 2. The third-order valence-electron chi connectivity index (χ3n) is 3.46. The number of ether oxygens (including phenoxy) is 2. The average Bonchev–Trinajstić information content (AvgIpc) is 2.67. The molecule has 0 aliphatic rings. The fraction of sp³-hybridized carbons (Fsp3) is 0.158. The van der Waals surface area contributed by atoms with Crippen molar-refractivity contribution >= 4 is 28.1 Å². The van der Waals surface area contributed by atoms with Crippen LogP contribution in [-0.4, -0.2) is 25.8 Å². The maximum atomic E-state index is 12.7. The molecule has 2 aromatic rings. The number of hydrazone groups is 1. The molecule has 0 aliphatic heterocycles. The molecule has 0 saturated heterocycles. The third-order valence-corrected chi connectivity index (χ3v) is 4.15. The zero-order valence-electron chi connectivity index (χ0n) is 14.7. The van der Waals surface area contributed by atoms with E-state index < -0.39 is 17.6 Å². The number of hydrogen-bond donors (Lipinski definition) is 1. The maximum absolute atomic E-state index is 12.7. The molecule has 0 fully saturated rings. The van der Waals surface area contributed by atoms with E-state index in [9.17, 15) is 18.0 Å². The predicted octanol–water partition coefficient (Wildman–Crippen LogP) is 4.81. The van der Waals surface area contributed by atoms with Crippen LogP contribution >= 0.6 is 15.9 Å². The topological polar surface area (TPSA) is 59.9 Å². The lowest BCUT2D eigenvalue weighted by Gasteiger charge is -2.11. The molecule has 2 aromatic carbocycles. The average molecular weight is 457 g/mol. The minimum Gasteiger partial charge on any atom is -0.493 e. The number of carbonyl (C=O) groups excluding carboxylic acids is 1. The number of nitrogens with one attached hydrogen (secondary N) is 1. The molecule has 148 valence electrons. The summed E-state index contributed by atoms with van der Waals surface area (Å²) in [6.07, 6.45) is -1.61. The fourth-order valence-electron chi connectivity index (χ4n) is 2.13. The van der Waals surface area contributed by atoms with E-state index in [1.54, 1.807) is 18.2 Å². The molecule has 0 aliphatic carbocycles. The first kappa shape index (κ1) is 21.5. The summed E-state index contributed by atoms with van der Waals surface area (Å²) in [4.78, 5) is 12.0. The summed E-state index contributed by atoms with van der Waals surface area (Å²) < 4.78 is 49.5. The van der Waals surface area contributed by atoms with Gasteiger partial charge in [0.2, 0.25) is 0 Å². The molecule has 0 atom stereocenters. The van der Waals surface area contributed by atoms with Crippen LogP contribution in [0.2, 0.25) is 0 Å². The Morgan fingerprint density at radius 2 is 2.04 bits per heavy atom. The van der Waals surface area contributed by atoms with E-state index in [0.717, 1.165) is 18.2 Å². The van der Waals surface area contributed by atoms with E-state index in [1.165, 1.54) is 19.4 Å². The Labute approximate surface area is 168 Å². The summed E-state index contributed by atoms with van der Waals surface area (Å²) in [6.45, 7) is 3.87. The zero-order chi connectivity index (χ0) is 20.7. The summed E-state index contributed by atoms with van der Waals surface area (Å²) >= 11 is 3.36. The molecule has 28 heavy (non-hydrogen) atoms. The van der Waals surface area contributed by atoms with Gasteiger partial charge in [0.1, 0.15) is 6.61 Å². The number of amides is 1. The number of rotatable bonds is 7. The monoisotopic (exact) mass is 456 g/mol. The van der Waals surface area contributed by atoms with Crippen molar-refractivity contribution in [2.45, 2.75) is 6.18 Å². The molecule has 0 unspecified atom stereocenters. The van der Waals surface area contributed by atoms with Gasteiger partial charge < -0.3 is 9.47 Å². The van der Waals surface area contributed by atoms with Crippen LogP contribution in [0.5, 0.6) is 11.5 Å². The molecule has 0 radical (unpaired) electrons. The van der Waals surface area contributed by atoms with E-state index >= 15 is 0 Å². The van der Waals surface area contributed by atoms with E-state index in [-0.39, 0.29) is 5.56 Å². The van der Waals surface area contributed by atoms with Crippen LogP contribution in [0.1, 0.15) is 21.5 Å². The van der Waals surface area contributed by atoms with Crippen LogP contribution in [0.25, 0.3) is 0 Å². The van der Waals surface area contributed by atoms with Crippen molar-refractivity contribution in [1.82, 2.24) is 5.43 Å². The fourth-order valence-corrected chi connectivity index (χ4v) is 2.56. The Morgan fingerprint density at radius 3 is 2.68 bits per heavy atom. The maximum Gasteiger partial charge on any atom is 0.416 e. The van der Waals surface area contributed by atoms with Gasteiger partial charge >= 0.3 is 6.18 Å². The SMILES string of the molecule is C=CCOc1cc(Br)c(/C=N/NC(=O)c2cccc(C(F)(F)F)c2)cc1OC. The molecule has 0 spiro atoms. The summed E-state index contributed by atoms with van der Waals surface area (Å²) in [5.41, 5.74) is 1.69. The largest absolute Gasteiger partial charge is 0.493 e. The van der Waals surface area contributed by atoms with Crippen molar-refractivity contribution in [1.29, 1.82) is 0 Å². The highest BCUT2D eigenvalue weighted by molar-refractivity contribution is 9.10. The van der Waals surface area contributed by atoms with Crippen molar-refractivity contribution in [3.8, 4) is 11.5 Å². The van der Waals surface area contributed by atoms with Gasteiger partial charge in [0, 0.05) is 15.6 Å². The molecule has 5 nitrogen and oxygen atoms in total. The Morgan fingerprint density at radius 1 is 1.29 bits per heavy atom. The smallest absolute Gasteiger partial charge is 0.416 e. The number of hydrogen-bond acceptors (Lipinski definition) is 4. The zero-order valence-corrected chi connectivity index (χ0v) is 16.3. The Balaban J connectivity index is 2.14. The van der Waals surface area contributed by atoms with Gasteiger partial charge in [-0.15, -0.1) is 0 Å². The van der Waals surface area contributed by atoms with Crippen molar-refractivity contribution in [2.75, 3.05) is 13.7 Å². The Kier molecular flexibility index (Phi) is 7.22. The van der Waals surface area contributed by atoms with E-state index in [2.05, 4.69) is 33.0 Å². The van der Waals surface area contributed by atoms with Gasteiger partial charge in [-0.3, -0.25) is 4.79 Å². The standard InChI is InChI=1S/C19H16BrF3N2O3/c1-3-7-28-17-10-15(20)13(9-16(17)27-2)11-24-25-18(26)12-5-4-6-14(8-12)19(21,22)23/h3-6,8-11H,1,7H2,2H3,(H,25,26)/b24-11+. The molecule has 0 bridgehead atoms. The second kappa shape index (κ2) is 9.41. The first-order chi connectivity index (χ1) is 13.3. The van der Waals surface area contributed by atoms with Crippen LogP contribution in [0.3, 0.4) is 0 Å². The van der Waals surface area contributed by atoms with Crippen molar-refractivity contribution in [3.05, 3.63) is 70.2 Å². The summed E-state index contributed by atoms with van der Waals surface area (Å²) in [7, 11) is 1.47. The molecule has 0 aromatic heterocycles. The quantitative estimate of drug-likeness (QED) is 0.369. The summed E-state index contributed by atoms with van der Waals surface area (Å²) in [5, 5.41) is 3.79. The van der Waals surface area contributed by atoms with Crippen LogP contribution in [0.15, 0.2) is 58.6 Å². The van der Waals surface area contributed by atoms with Crippen molar-refractivity contribution in [2.24, 2.45) is 5.10 Å². The van der Waals surface area contributed by atoms with Gasteiger partial charge in [-0.1, -0.05) is 18.7 Å². The number of carbonyl (C=O) groups is 1. The van der Waals surface area contributed by atoms with Gasteiger partial charge in [-0.25, -0.2) is 5.43 Å². The van der Waals surface area contributed by atoms with Gasteiger partial charge in [0.05, 0.1) is 18.9 Å². The molecular formula is C19H16BrF3N2O3. The highest BCUT2D eigenvalue weighted by Crippen LogP contribution is 2.33. The highest BCUT2D eigenvalue weighted by atomic mass is 79.9. The molecule has 1 amide bonds. The number of nitrogens with zero attached hydrogens (tertiary/aromatic N) is 1. The number of halogens is 4. The van der Waals surface area contributed by atoms with Crippen LogP contribution in [-0.2, 0) is 6.18 Å². The van der Waals surface area contributed by atoms with Crippen LogP contribution in [0, 0.1) is 0 Å². The lowest BCUT2D eigenvalue weighted by molar-refractivity contribution is -0.137. The lowest BCUT2D eigenvalue weighted by atomic mass is 10.1. The first-order valence-corrected chi connectivity index (χ1v) is 8.67. The first-order valence-electron chi connectivity index (χ1n) is 7.88. The minimum atomic E-state index is -4.53. The van der Waals surface area contributed by atoms with E-state index in [0.29, 0.717) is 28.1 Å². The lowest BCUT2D eigenvalue weighted by Crippen LogP contribution is -2.18. The van der Waals surface area contributed by atoms with E-state index in [1.807, 2.05) is 0 Å². The summed E-state index contributed by atoms with van der Waals surface area (Å²) in [5.74, 6) is 0.159. The van der Waals surface area contributed by atoms with Crippen molar-refractivity contribution < 1.29 is 27.4 Å². The number of methoxy groups -OCH3 is 1. The molecule has 2 rings (SSSR count). The number of alkyl halides is 3. The second-order valence-electron chi connectivity index (χ2n) is 5.40. The Hall–Kier alpha value is -2.81. The van der Waals surface area contributed by atoms with Gasteiger partial charge in [-0.05, 0) is 46.3 Å². The highest BCUT2D eigenvalue weighted by Gasteiger charge is 2.30. The third kappa shape index (κ3) is 5.59. The van der Waals surface area contributed by atoms with Crippen molar-refractivity contribution in [3.63, 3.8) is 0 Å². The van der Waals surface area contributed by atoms with Gasteiger partial charge in [0.25, 0.3) is 5.91 Å². The second-order valence-corrected chi connectivity index (χ2v) is 6.26. The predicted molar refractivity (Wildman–Crippen MR) is 103 cm³/mol. The summed E-state index contributed by atoms with van der Waals surface area (Å²) in [6, 6.07) is 7.37. The molecule has 0 heterocycles. The van der Waals surface area contributed by atoms with Gasteiger partial charge in [-0.2, -0.15) is 18.3 Å². The minimum absolute atomic E-state index is 0.156. The van der Waals surface area contributed by atoms with Crippen LogP contribution in [0.4, 0.5) is 13.2 Å². The molecule has 9 heteroatoms. The Bertz CT molecular complexity index is 898. The van der Waals surface area contributed by atoms with Crippen LogP contribution < -0.4 is 14.9 Å². The normalized spacial score (nSPS) is 11.3. The van der Waals surface area contributed by atoms with E-state index in [4.69, 9.17) is 9.47 Å². The van der Waals surface area contributed by atoms with Gasteiger partial charge in [0.15, 0.2) is 11.5 Å². The molecule has 0 saturated carbocycles.